The van der Waals surface area contributed by atoms with Gasteiger partial charge in [0.2, 0.25) is 0 Å². The van der Waals surface area contributed by atoms with Gasteiger partial charge < -0.3 is 35.5 Å². The summed E-state index contributed by atoms with van der Waals surface area (Å²) in [5, 5.41) is 0. The van der Waals surface area contributed by atoms with Crippen molar-refractivity contribution >= 4 is 12.4 Å². The Kier molecular flexibility index (Phi) is 65.7. The molecule has 0 N–H and O–H groups in total. The zero-order valence-electron chi connectivity index (χ0n) is 6.34. The minimum absolute atomic E-state index is 0. The molecule has 0 aromatic rings. The molecular formula is C8H10N2VWY. The molecule has 0 saturated carbocycles. The normalized spacial score (nSPS) is 7.38. The Morgan fingerprint density at radius 3 is 1.62 bits per heavy atom. The van der Waals surface area contributed by atoms with Crippen LogP contribution in [0.25, 0.3) is 0 Å². The van der Waals surface area contributed by atoms with E-state index in [9.17, 15) is 0 Å². The van der Waals surface area contributed by atoms with Crippen molar-refractivity contribution in [1.82, 2.24) is 0 Å². The van der Waals surface area contributed by atoms with Crippen LogP contribution in [0, 0.1) is 13.2 Å². The molecule has 13 heavy (non-hydrogen) atoms. The number of aliphatic imine (C=N–C) groups is 2. The molecule has 0 heterocycles. The van der Waals surface area contributed by atoms with Crippen molar-refractivity contribution in [3.8, 4) is 0 Å². The molecule has 0 saturated heterocycles. The van der Waals surface area contributed by atoms with Gasteiger partial charge in [-0.3, -0.25) is 0 Å². The van der Waals surface area contributed by atoms with Crippen molar-refractivity contribution in [2.45, 2.75) is 13.8 Å². The van der Waals surface area contributed by atoms with E-state index in [0.717, 1.165) is 12.4 Å². The molecule has 2 radical (unpaired) electrons. The molecule has 0 rings (SSSR count). The van der Waals surface area contributed by atoms with Crippen molar-refractivity contribution in [3.63, 3.8) is 0 Å². The zero-order chi connectivity index (χ0) is 6.95. The zero-order valence-corrected chi connectivity index (χ0v) is 13.5. The molecule has 66 valence electrons. The molecule has 0 aromatic heterocycles. The third-order valence-electron chi connectivity index (χ3n) is 0.490. The van der Waals surface area contributed by atoms with E-state index in [-0.39, 0.29) is 79.8 Å². The van der Waals surface area contributed by atoms with Gasteiger partial charge in [-0.1, -0.05) is 7.43 Å². The Morgan fingerprint density at radius 1 is 1.08 bits per heavy atom. The Morgan fingerprint density at radius 2 is 1.38 bits per heavy atom. The van der Waals surface area contributed by atoms with Gasteiger partial charge in [-0.15, -0.1) is 6.42 Å². The van der Waals surface area contributed by atoms with E-state index in [0.29, 0.717) is 6.42 Å². The van der Waals surface area contributed by atoms with Crippen LogP contribution >= 0.6 is 0 Å². The van der Waals surface area contributed by atoms with Crippen LogP contribution in [0.3, 0.4) is 0 Å². The first kappa shape index (κ1) is 29.2. The molecule has 0 atom stereocenters. The molecule has 0 bridgehead atoms. The second-order valence-corrected chi connectivity index (χ2v) is 1.05. The topological polar surface area (TPSA) is 24.7 Å². The average molecular weight is 458 g/mol. The first-order valence-corrected chi connectivity index (χ1v) is 2.34. The van der Waals surface area contributed by atoms with Crippen LogP contribution in [0.2, 0.25) is 0 Å². The summed E-state index contributed by atoms with van der Waals surface area (Å²) < 4.78 is 0. The molecule has 0 unspecified atom stereocenters. The van der Waals surface area contributed by atoms with E-state index in [2.05, 4.69) is 22.4 Å². The van der Waals surface area contributed by atoms with Gasteiger partial charge in [0.25, 0.3) is 0 Å². The maximum absolute atomic E-state index is 4.90. The van der Waals surface area contributed by atoms with E-state index in [1.54, 1.807) is 0 Å². The summed E-state index contributed by atoms with van der Waals surface area (Å²) in [5.41, 5.74) is 0. The van der Waals surface area contributed by atoms with Crippen molar-refractivity contribution < 1.29 is 72.3 Å². The molecule has 0 aliphatic heterocycles. The van der Waals surface area contributed by atoms with Crippen molar-refractivity contribution in [2.24, 2.45) is 9.98 Å². The molecule has 0 spiro atoms. The number of hydrogen-bond donors (Lipinski definition) is 0. The van der Waals surface area contributed by atoms with Gasteiger partial charge in [0, 0.05) is 32.7 Å². The van der Waals surface area contributed by atoms with Crippen LogP contribution in [0.4, 0.5) is 0 Å². The van der Waals surface area contributed by atoms with Crippen LogP contribution in [-0.2, 0) is 72.3 Å². The maximum Gasteiger partial charge on any atom is 2.00 e. The quantitative estimate of drug-likeness (QED) is 0.454. The molecular weight excluding hydrogens is 448 g/mol. The van der Waals surface area contributed by atoms with Crippen molar-refractivity contribution in [3.05, 3.63) is 25.6 Å². The van der Waals surface area contributed by atoms with Crippen LogP contribution < -0.4 is 0 Å². The van der Waals surface area contributed by atoms with Crippen LogP contribution in [0.5, 0.6) is 0 Å². The van der Waals surface area contributed by atoms with Crippen molar-refractivity contribution in [2.75, 3.05) is 0 Å². The second kappa shape index (κ2) is 29.2. The summed E-state index contributed by atoms with van der Waals surface area (Å²) in [5.74, 6) is 0. The maximum atomic E-state index is 4.90. The Labute approximate surface area is 132 Å². The Balaban J connectivity index is -0.0000000533. The third kappa shape index (κ3) is 31.9. The van der Waals surface area contributed by atoms with Crippen molar-refractivity contribution in [1.29, 1.82) is 0 Å². The number of nitrogens with zero attached hydrogens (tertiary/aromatic N) is 2. The SMILES string of the molecule is C.[CH-]=CN=[C-]C[C-]=NC=[CH-].[V+2].[W+2].[Y]. The average Bonchev–Trinajstić information content (AvgIpc) is 1.89. The summed E-state index contributed by atoms with van der Waals surface area (Å²) in [7, 11) is 0. The molecule has 2 nitrogen and oxygen atoms in total. The third-order valence-corrected chi connectivity index (χ3v) is 0.490. The summed E-state index contributed by atoms with van der Waals surface area (Å²) in [6.07, 6.45) is 7.77. The minimum atomic E-state index is 0. The molecule has 5 heteroatoms. The van der Waals surface area contributed by atoms with Gasteiger partial charge in [0.15, 0.2) is 0 Å². The van der Waals surface area contributed by atoms with Gasteiger partial charge in [-0.05, 0) is 0 Å². The largest absolute Gasteiger partial charge is 2.00 e. The van der Waals surface area contributed by atoms with E-state index in [1.165, 1.54) is 0 Å². The molecule has 0 aromatic carbocycles. The van der Waals surface area contributed by atoms with E-state index in [1.807, 2.05) is 0 Å². The van der Waals surface area contributed by atoms with Crippen LogP contribution in [0.15, 0.2) is 22.4 Å². The monoisotopic (exact) mass is 458 g/mol. The van der Waals surface area contributed by atoms with Gasteiger partial charge in [-0.25, -0.2) is 0 Å². The van der Waals surface area contributed by atoms with E-state index < -0.39 is 0 Å². The summed E-state index contributed by atoms with van der Waals surface area (Å²) in [6.45, 7) is 9.80. The summed E-state index contributed by atoms with van der Waals surface area (Å²) in [4.78, 5) is 6.94. The van der Waals surface area contributed by atoms with Gasteiger partial charge in [0.05, 0.1) is 0 Å². The van der Waals surface area contributed by atoms with Gasteiger partial charge >= 0.3 is 39.6 Å². The molecule has 0 fully saturated rings. The van der Waals surface area contributed by atoms with Crippen LogP contribution in [-0.4, -0.2) is 12.4 Å². The predicted molar refractivity (Wildman–Crippen MR) is 44.0 cm³/mol. The fourth-order valence-corrected chi connectivity index (χ4v) is 0.232. The van der Waals surface area contributed by atoms with Gasteiger partial charge in [0.1, 0.15) is 0 Å². The summed E-state index contributed by atoms with van der Waals surface area (Å²) in [6, 6.07) is 0. The molecule has 0 amide bonds. The van der Waals surface area contributed by atoms with Crippen LogP contribution in [0.1, 0.15) is 13.8 Å². The standard InChI is InChI=1S/C7H6N2.CH4.V.W.Y/c1-3-8-6-5-7-9-4-2;;;;/h1-4H,5H2;1H4;;;/q-4;;2*+2;. The second-order valence-electron chi connectivity index (χ2n) is 1.05. The Hall–Kier alpha value is 1.20. The molecule has 0 aliphatic carbocycles. The van der Waals surface area contributed by atoms with Gasteiger partial charge in [-0.2, -0.15) is 12.4 Å². The molecule has 0 aliphatic rings. The Bertz CT molecular complexity index is 133. The smallest absolute Gasteiger partial charge is 0.601 e. The first-order chi connectivity index (χ1) is 4.41. The predicted octanol–water partition coefficient (Wildman–Crippen LogP) is 1.79. The van der Waals surface area contributed by atoms with E-state index >= 15 is 0 Å². The number of rotatable bonds is 4. The van der Waals surface area contributed by atoms with E-state index in [4.69, 9.17) is 13.2 Å². The minimum Gasteiger partial charge on any atom is -0.601 e. The number of hydrogen-bond acceptors (Lipinski definition) is 2. The summed E-state index contributed by atoms with van der Waals surface area (Å²) >= 11 is 0. The fourth-order valence-electron chi connectivity index (χ4n) is 0.232. The first-order valence-electron chi connectivity index (χ1n) is 2.34. The fraction of sp³-hybridized carbons (Fsp3) is 0.250.